The summed E-state index contributed by atoms with van der Waals surface area (Å²) in [5.41, 5.74) is -0.827. The number of aliphatic carboxylic acids is 1. The van der Waals surface area contributed by atoms with E-state index in [1.165, 1.54) is 11.0 Å². The lowest BCUT2D eigenvalue weighted by Crippen LogP contribution is -2.45. The topological polar surface area (TPSA) is 114 Å². The highest BCUT2D eigenvalue weighted by atomic mass is 16.6. The molecule has 0 radical (unpaired) electrons. The summed E-state index contributed by atoms with van der Waals surface area (Å²) in [5.74, 6) is -1.92. The lowest BCUT2D eigenvalue weighted by molar-refractivity contribution is -0.402. The number of likely N-dealkylation sites (tertiary alicyclic amines) is 1. The van der Waals surface area contributed by atoms with Crippen LogP contribution in [0.15, 0.2) is 16.5 Å². The quantitative estimate of drug-likeness (QED) is 0.664. The third-order valence-corrected chi connectivity index (χ3v) is 3.65. The Labute approximate surface area is 114 Å². The highest BCUT2D eigenvalue weighted by Gasteiger charge is 2.38. The maximum atomic E-state index is 12.1. The van der Waals surface area contributed by atoms with Gasteiger partial charge in [0.25, 0.3) is 5.91 Å². The van der Waals surface area contributed by atoms with Gasteiger partial charge < -0.3 is 14.4 Å². The summed E-state index contributed by atoms with van der Waals surface area (Å²) in [5, 5.41) is 19.6. The summed E-state index contributed by atoms with van der Waals surface area (Å²) >= 11 is 0. The van der Waals surface area contributed by atoms with Crippen molar-refractivity contribution < 1.29 is 24.0 Å². The fraction of sp³-hybridized carbons (Fsp3) is 0.500. The van der Waals surface area contributed by atoms with E-state index >= 15 is 0 Å². The molecule has 1 aromatic heterocycles. The van der Waals surface area contributed by atoms with Crippen molar-refractivity contribution in [1.82, 2.24) is 4.90 Å². The molecule has 1 aliphatic heterocycles. The molecule has 0 saturated carbocycles. The summed E-state index contributed by atoms with van der Waals surface area (Å²) in [6.07, 6.45) is 0.688. The predicted molar refractivity (Wildman–Crippen MR) is 66.2 cm³/mol. The van der Waals surface area contributed by atoms with Crippen molar-refractivity contribution in [2.24, 2.45) is 5.41 Å². The molecule has 0 bridgehead atoms. The van der Waals surface area contributed by atoms with E-state index in [4.69, 9.17) is 9.52 Å². The summed E-state index contributed by atoms with van der Waals surface area (Å²) in [6, 6.07) is 2.38. The Morgan fingerprint density at radius 3 is 2.45 bits per heavy atom. The van der Waals surface area contributed by atoms with Crippen molar-refractivity contribution in [2.75, 3.05) is 13.1 Å². The highest BCUT2D eigenvalue weighted by molar-refractivity contribution is 5.92. The van der Waals surface area contributed by atoms with Crippen LogP contribution in [0.3, 0.4) is 0 Å². The van der Waals surface area contributed by atoms with Crippen molar-refractivity contribution in [3.8, 4) is 0 Å². The molecule has 1 aliphatic rings. The first-order chi connectivity index (χ1) is 9.33. The number of nitrogens with zero attached hydrogens (tertiary/aromatic N) is 2. The van der Waals surface area contributed by atoms with Crippen LogP contribution in [-0.2, 0) is 4.79 Å². The molecule has 0 atom stereocenters. The van der Waals surface area contributed by atoms with Crippen molar-refractivity contribution in [3.05, 3.63) is 28.0 Å². The number of carbonyl (C=O) groups is 2. The normalized spacial score (nSPS) is 17.8. The number of furan rings is 1. The van der Waals surface area contributed by atoms with Gasteiger partial charge >= 0.3 is 11.9 Å². The average molecular weight is 282 g/mol. The van der Waals surface area contributed by atoms with E-state index in [0.29, 0.717) is 12.8 Å². The molecule has 1 N–H and O–H groups in total. The number of rotatable bonds is 3. The molecule has 1 saturated heterocycles. The van der Waals surface area contributed by atoms with Crippen LogP contribution in [0.1, 0.15) is 30.3 Å². The van der Waals surface area contributed by atoms with Crippen LogP contribution in [0.2, 0.25) is 0 Å². The largest absolute Gasteiger partial charge is 0.481 e. The van der Waals surface area contributed by atoms with Crippen LogP contribution in [0.5, 0.6) is 0 Å². The minimum absolute atomic E-state index is 0.101. The maximum Gasteiger partial charge on any atom is 0.433 e. The molecule has 8 nitrogen and oxygen atoms in total. The Morgan fingerprint density at radius 2 is 2.00 bits per heavy atom. The first kappa shape index (κ1) is 14.0. The molecule has 0 aliphatic carbocycles. The van der Waals surface area contributed by atoms with Gasteiger partial charge in [-0.2, -0.15) is 0 Å². The number of carboxylic acids is 1. The number of carbonyl (C=O) groups excluding carboxylic acids is 1. The van der Waals surface area contributed by atoms with Gasteiger partial charge in [0.05, 0.1) is 11.5 Å². The summed E-state index contributed by atoms with van der Waals surface area (Å²) in [6.45, 7) is 2.22. The van der Waals surface area contributed by atoms with Gasteiger partial charge in [0.2, 0.25) is 0 Å². The van der Waals surface area contributed by atoms with Gasteiger partial charge in [0, 0.05) is 13.1 Å². The number of piperidine rings is 1. The van der Waals surface area contributed by atoms with Gasteiger partial charge in [-0.1, -0.05) is 0 Å². The molecular formula is C12H14N2O6. The lowest BCUT2D eigenvalue weighted by atomic mass is 9.80. The molecule has 1 fully saturated rings. The van der Waals surface area contributed by atoms with Crippen molar-refractivity contribution >= 4 is 17.8 Å². The Morgan fingerprint density at radius 1 is 1.40 bits per heavy atom. The first-order valence-electron chi connectivity index (χ1n) is 6.10. The zero-order chi connectivity index (χ0) is 14.9. The fourth-order valence-electron chi connectivity index (χ4n) is 2.11. The van der Waals surface area contributed by atoms with Gasteiger partial charge in [0.15, 0.2) is 5.76 Å². The third kappa shape index (κ3) is 2.49. The van der Waals surface area contributed by atoms with Crippen LogP contribution in [0.25, 0.3) is 0 Å². The molecule has 1 aromatic rings. The number of nitro groups is 1. The molecule has 8 heteroatoms. The van der Waals surface area contributed by atoms with E-state index in [1.807, 2.05) is 0 Å². The Balaban J connectivity index is 2.04. The predicted octanol–water partition coefficient (Wildman–Crippen LogP) is 1.51. The van der Waals surface area contributed by atoms with Gasteiger partial charge in [0.1, 0.15) is 4.92 Å². The second-order valence-corrected chi connectivity index (χ2v) is 5.05. The van der Waals surface area contributed by atoms with E-state index in [2.05, 4.69) is 0 Å². The summed E-state index contributed by atoms with van der Waals surface area (Å²) < 4.78 is 4.85. The van der Waals surface area contributed by atoms with Crippen LogP contribution in [-0.4, -0.2) is 39.9 Å². The Hall–Kier alpha value is -2.38. The molecule has 1 amide bonds. The first-order valence-corrected chi connectivity index (χ1v) is 6.10. The summed E-state index contributed by atoms with van der Waals surface area (Å²) in [7, 11) is 0. The van der Waals surface area contributed by atoms with Crippen LogP contribution in [0, 0.1) is 15.5 Å². The number of hydrogen-bond acceptors (Lipinski definition) is 5. The minimum atomic E-state index is -0.877. The molecule has 0 spiro atoms. The van der Waals surface area contributed by atoms with Crippen molar-refractivity contribution in [2.45, 2.75) is 19.8 Å². The van der Waals surface area contributed by atoms with E-state index in [9.17, 15) is 19.7 Å². The average Bonchev–Trinajstić information content (AvgIpc) is 2.88. The van der Waals surface area contributed by atoms with E-state index < -0.39 is 28.1 Å². The highest BCUT2D eigenvalue weighted by Crippen LogP contribution is 2.31. The van der Waals surface area contributed by atoms with Crippen LogP contribution < -0.4 is 0 Å². The fourth-order valence-corrected chi connectivity index (χ4v) is 2.11. The smallest absolute Gasteiger partial charge is 0.433 e. The van der Waals surface area contributed by atoms with Crippen molar-refractivity contribution in [3.63, 3.8) is 0 Å². The summed E-state index contributed by atoms with van der Waals surface area (Å²) in [4.78, 5) is 34.4. The zero-order valence-corrected chi connectivity index (χ0v) is 10.9. The van der Waals surface area contributed by atoms with E-state index in [-0.39, 0.29) is 18.8 Å². The maximum absolute atomic E-state index is 12.1. The van der Waals surface area contributed by atoms with Crippen LogP contribution >= 0.6 is 0 Å². The van der Waals surface area contributed by atoms with E-state index in [1.54, 1.807) is 6.92 Å². The number of carboxylic acid groups (broad SMARTS) is 1. The minimum Gasteiger partial charge on any atom is -0.481 e. The van der Waals surface area contributed by atoms with E-state index in [0.717, 1.165) is 6.07 Å². The molecule has 108 valence electrons. The standard InChI is InChI=1S/C12H14N2O6/c1-12(11(16)17)4-6-13(7-5-12)10(15)8-2-3-9(20-8)14(18)19/h2-3H,4-7H2,1H3,(H,16,17). The molecule has 20 heavy (non-hydrogen) atoms. The molecular weight excluding hydrogens is 268 g/mol. The van der Waals surface area contributed by atoms with Gasteiger partial charge in [-0.3, -0.25) is 19.7 Å². The second kappa shape index (κ2) is 4.95. The monoisotopic (exact) mass is 282 g/mol. The Kier molecular flexibility index (Phi) is 3.47. The van der Waals surface area contributed by atoms with Gasteiger partial charge in [-0.05, 0) is 25.8 Å². The second-order valence-electron chi connectivity index (χ2n) is 5.05. The third-order valence-electron chi connectivity index (χ3n) is 3.65. The molecule has 0 aromatic carbocycles. The van der Waals surface area contributed by atoms with Crippen LogP contribution in [0.4, 0.5) is 5.88 Å². The zero-order valence-electron chi connectivity index (χ0n) is 10.9. The molecule has 2 heterocycles. The SMILES string of the molecule is CC1(C(=O)O)CCN(C(=O)c2ccc([N+](=O)[O-])o2)CC1. The number of amides is 1. The number of hydrogen-bond donors (Lipinski definition) is 1. The van der Waals surface area contributed by atoms with Gasteiger partial charge in [-0.25, -0.2) is 0 Å². The van der Waals surface area contributed by atoms with Crippen molar-refractivity contribution in [1.29, 1.82) is 0 Å². The Bertz CT molecular complexity index is 556. The van der Waals surface area contributed by atoms with Gasteiger partial charge in [-0.15, -0.1) is 0 Å². The lowest BCUT2D eigenvalue weighted by Gasteiger charge is -2.35. The molecule has 2 rings (SSSR count). The molecule has 0 unspecified atom stereocenters.